The van der Waals surface area contributed by atoms with Gasteiger partial charge in [-0.25, -0.2) is 0 Å². The monoisotopic (exact) mass is 499 g/mol. The lowest BCUT2D eigenvalue weighted by Crippen LogP contribution is -2.36. The first-order chi connectivity index (χ1) is 16.9. The third kappa shape index (κ3) is 5.11. The van der Waals surface area contributed by atoms with Crippen molar-refractivity contribution in [2.75, 3.05) is 48.0 Å². The predicted octanol–water partition coefficient (Wildman–Crippen LogP) is 6.17. The molecule has 0 aromatic heterocycles. The van der Waals surface area contributed by atoms with Gasteiger partial charge in [0.25, 0.3) is 0 Å². The molecule has 3 aromatic carbocycles. The lowest BCUT2D eigenvalue weighted by atomic mass is 10.1. The summed E-state index contributed by atoms with van der Waals surface area (Å²) in [5, 5.41) is 2.50. The van der Waals surface area contributed by atoms with Crippen LogP contribution in [0.3, 0.4) is 0 Å². The highest BCUT2D eigenvalue weighted by atomic mass is 32.2. The molecule has 182 valence electrons. The van der Waals surface area contributed by atoms with E-state index in [2.05, 4.69) is 5.32 Å². The fourth-order valence-electron chi connectivity index (χ4n) is 4.34. The van der Waals surface area contributed by atoms with E-state index in [1.807, 2.05) is 58.3 Å². The number of halogens is 3. The molecule has 0 aliphatic carbocycles. The Bertz CT molecular complexity index is 1180. The summed E-state index contributed by atoms with van der Waals surface area (Å²) in [4.78, 5) is 18.9. The molecule has 0 unspecified atom stereocenters. The Morgan fingerprint density at radius 2 is 1.57 bits per heavy atom. The van der Waals surface area contributed by atoms with Crippen molar-refractivity contribution >= 4 is 40.4 Å². The van der Waals surface area contributed by atoms with E-state index in [0.717, 1.165) is 27.2 Å². The molecular formula is C26H24F3N3O2S. The molecular weight excluding hydrogens is 475 g/mol. The van der Waals surface area contributed by atoms with Gasteiger partial charge in [-0.15, -0.1) is 0 Å². The third-order valence-corrected chi connectivity index (χ3v) is 7.18. The third-order valence-electron chi connectivity index (χ3n) is 6.05. The number of hydrogen-bond donors (Lipinski definition) is 1. The van der Waals surface area contributed by atoms with Crippen LogP contribution in [0.5, 0.6) is 0 Å². The summed E-state index contributed by atoms with van der Waals surface area (Å²) in [5.74, 6) is -0.470. The van der Waals surface area contributed by atoms with Crippen molar-refractivity contribution in [1.82, 2.24) is 0 Å². The largest absolute Gasteiger partial charge is 0.418 e. The average molecular weight is 500 g/mol. The lowest BCUT2D eigenvalue weighted by molar-refractivity contribution is -0.136. The minimum atomic E-state index is -4.59. The van der Waals surface area contributed by atoms with Crippen LogP contribution in [0.4, 0.5) is 35.9 Å². The maximum Gasteiger partial charge on any atom is 0.418 e. The highest BCUT2D eigenvalue weighted by molar-refractivity contribution is 7.99. The summed E-state index contributed by atoms with van der Waals surface area (Å²) in [7, 11) is 0. The number of nitrogens with one attached hydrogen (secondary N) is 1. The number of para-hydroxylation sites is 2. The normalized spacial score (nSPS) is 15.4. The van der Waals surface area contributed by atoms with Crippen LogP contribution >= 0.6 is 11.8 Å². The van der Waals surface area contributed by atoms with Gasteiger partial charge >= 0.3 is 6.18 Å². The number of benzene rings is 3. The van der Waals surface area contributed by atoms with Crippen molar-refractivity contribution in [3.63, 3.8) is 0 Å². The van der Waals surface area contributed by atoms with Gasteiger partial charge in [-0.3, -0.25) is 4.79 Å². The molecule has 1 saturated heterocycles. The van der Waals surface area contributed by atoms with Crippen molar-refractivity contribution in [1.29, 1.82) is 0 Å². The maximum absolute atomic E-state index is 13.8. The minimum absolute atomic E-state index is 0.0375. The van der Waals surface area contributed by atoms with Gasteiger partial charge in [-0.2, -0.15) is 13.2 Å². The second-order valence-corrected chi connectivity index (χ2v) is 9.40. The molecule has 35 heavy (non-hydrogen) atoms. The van der Waals surface area contributed by atoms with E-state index in [1.165, 1.54) is 6.07 Å². The molecule has 0 radical (unpaired) electrons. The van der Waals surface area contributed by atoms with Crippen LogP contribution in [-0.2, 0) is 15.7 Å². The van der Waals surface area contributed by atoms with Crippen molar-refractivity contribution in [2.24, 2.45) is 0 Å². The fourth-order valence-corrected chi connectivity index (χ4v) is 5.44. The Hall–Kier alpha value is -3.17. The van der Waals surface area contributed by atoms with Gasteiger partial charge in [0.1, 0.15) is 0 Å². The van der Waals surface area contributed by atoms with E-state index >= 15 is 0 Å². The highest BCUT2D eigenvalue weighted by Gasteiger charge is 2.35. The van der Waals surface area contributed by atoms with Crippen molar-refractivity contribution in [2.45, 2.75) is 22.4 Å². The molecule has 0 saturated carbocycles. The topological polar surface area (TPSA) is 44.8 Å². The lowest BCUT2D eigenvalue weighted by Gasteiger charge is -2.32. The molecule has 5 nitrogen and oxygen atoms in total. The highest BCUT2D eigenvalue weighted by Crippen LogP contribution is 2.47. The summed E-state index contributed by atoms with van der Waals surface area (Å²) in [6.07, 6.45) is -4.55. The van der Waals surface area contributed by atoms with E-state index in [9.17, 15) is 18.0 Å². The number of fused-ring (bicyclic) bond motifs is 2. The number of rotatable bonds is 5. The Balaban J connectivity index is 1.33. The SMILES string of the molecule is O=C(CCN1c2ccccc2Sc2ccccc21)Nc1ccc(N2CCOCC2)cc1C(F)(F)F. The van der Waals surface area contributed by atoms with Crippen molar-refractivity contribution in [3.8, 4) is 0 Å². The molecule has 1 fully saturated rings. The van der Waals surface area contributed by atoms with Crippen molar-refractivity contribution in [3.05, 3.63) is 72.3 Å². The first-order valence-electron chi connectivity index (χ1n) is 11.4. The zero-order valence-electron chi connectivity index (χ0n) is 18.8. The first-order valence-corrected chi connectivity index (χ1v) is 12.2. The van der Waals surface area contributed by atoms with Crippen molar-refractivity contribution < 1.29 is 22.7 Å². The molecule has 9 heteroatoms. The molecule has 2 aliphatic heterocycles. The average Bonchev–Trinajstić information content (AvgIpc) is 2.86. The van der Waals surface area contributed by atoms with Gasteiger partial charge < -0.3 is 19.9 Å². The minimum Gasteiger partial charge on any atom is -0.378 e. The second-order valence-electron chi connectivity index (χ2n) is 8.31. The summed E-state index contributed by atoms with van der Waals surface area (Å²) in [5.41, 5.74) is 1.36. The van der Waals surface area contributed by atoms with Gasteiger partial charge in [0.15, 0.2) is 0 Å². The van der Waals surface area contributed by atoms with E-state index in [4.69, 9.17) is 4.74 Å². The fraction of sp³-hybridized carbons (Fsp3) is 0.269. The molecule has 5 rings (SSSR count). The van der Waals surface area contributed by atoms with Crippen LogP contribution in [0.25, 0.3) is 0 Å². The van der Waals surface area contributed by atoms with E-state index in [1.54, 1.807) is 17.8 Å². The Labute approximate surface area is 205 Å². The van der Waals surface area contributed by atoms with Crippen LogP contribution in [0.2, 0.25) is 0 Å². The number of carbonyl (C=O) groups excluding carboxylic acids is 1. The Morgan fingerprint density at radius 1 is 0.943 bits per heavy atom. The first kappa shape index (κ1) is 23.6. The van der Waals surface area contributed by atoms with Gasteiger partial charge in [-0.1, -0.05) is 36.0 Å². The number of carbonyl (C=O) groups is 1. The van der Waals surface area contributed by atoms with Gasteiger partial charge in [0.2, 0.25) is 5.91 Å². The van der Waals surface area contributed by atoms with E-state index in [0.29, 0.717) is 38.5 Å². The van der Waals surface area contributed by atoms with Crippen LogP contribution in [0.1, 0.15) is 12.0 Å². The zero-order chi connectivity index (χ0) is 24.4. The molecule has 2 heterocycles. The molecule has 2 aliphatic rings. The molecule has 0 spiro atoms. The molecule has 1 amide bonds. The molecule has 0 atom stereocenters. The molecule has 0 bridgehead atoms. The summed E-state index contributed by atoms with van der Waals surface area (Å²) in [6.45, 7) is 2.34. The molecule has 3 aromatic rings. The van der Waals surface area contributed by atoms with E-state index < -0.39 is 17.6 Å². The van der Waals surface area contributed by atoms with Crippen LogP contribution in [0, 0.1) is 0 Å². The summed E-state index contributed by atoms with van der Waals surface area (Å²) >= 11 is 1.66. The van der Waals surface area contributed by atoms with Gasteiger partial charge in [0.05, 0.1) is 35.8 Å². The number of morpholine rings is 1. The Kier molecular flexibility index (Phi) is 6.62. The number of nitrogens with zero attached hydrogens (tertiary/aromatic N) is 2. The van der Waals surface area contributed by atoms with Crippen LogP contribution < -0.4 is 15.1 Å². The maximum atomic E-state index is 13.8. The zero-order valence-corrected chi connectivity index (χ0v) is 19.7. The van der Waals surface area contributed by atoms with Gasteiger partial charge in [-0.05, 0) is 42.5 Å². The number of hydrogen-bond acceptors (Lipinski definition) is 5. The molecule has 1 N–H and O–H groups in total. The number of ether oxygens (including phenoxy) is 1. The summed E-state index contributed by atoms with van der Waals surface area (Å²) in [6, 6.07) is 19.9. The number of anilines is 4. The number of amides is 1. The summed E-state index contributed by atoms with van der Waals surface area (Å²) < 4.78 is 46.8. The Morgan fingerprint density at radius 3 is 2.20 bits per heavy atom. The van der Waals surface area contributed by atoms with Crippen LogP contribution in [-0.4, -0.2) is 38.8 Å². The predicted molar refractivity (Wildman–Crippen MR) is 132 cm³/mol. The van der Waals surface area contributed by atoms with E-state index in [-0.39, 0.29) is 12.1 Å². The standard InChI is InChI=1S/C26H24F3N3O2S/c27-26(28,29)19-17-18(31-13-15-34-16-14-31)9-10-20(19)30-25(33)11-12-32-21-5-1-3-7-23(21)35-24-8-4-2-6-22(24)32/h1-10,17H,11-16H2,(H,30,33). The quantitative estimate of drug-likeness (QED) is 0.455. The smallest absolute Gasteiger partial charge is 0.378 e. The number of alkyl halides is 3. The van der Waals surface area contributed by atoms with Gasteiger partial charge in [0, 0.05) is 41.5 Å². The van der Waals surface area contributed by atoms with Crippen LogP contribution in [0.15, 0.2) is 76.5 Å². The second kappa shape index (κ2) is 9.83.